The summed E-state index contributed by atoms with van der Waals surface area (Å²) in [6.07, 6.45) is 3.87. The van der Waals surface area contributed by atoms with Crippen LogP contribution in [0.4, 0.5) is 0 Å². The topological polar surface area (TPSA) is 95.5 Å². The molecule has 0 spiro atoms. The number of hydrogen-bond acceptors (Lipinski definition) is 4. The van der Waals surface area contributed by atoms with Crippen molar-refractivity contribution in [2.75, 3.05) is 0 Å². The highest BCUT2D eigenvalue weighted by molar-refractivity contribution is 6.00. The van der Waals surface area contributed by atoms with E-state index >= 15 is 0 Å². The zero-order chi connectivity index (χ0) is 13.1. The molecule has 6 heteroatoms. The van der Waals surface area contributed by atoms with Gasteiger partial charge in [0.1, 0.15) is 0 Å². The molecular formula is C12H18N2O4. The molecule has 1 heterocycles. The Kier molecular flexibility index (Phi) is 3.96. The lowest BCUT2D eigenvalue weighted by atomic mass is 9.85. The second kappa shape index (κ2) is 5.48. The fourth-order valence-corrected chi connectivity index (χ4v) is 2.70. The minimum atomic E-state index is -0.759. The van der Waals surface area contributed by atoms with Gasteiger partial charge in [0.05, 0.1) is 12.0 Å². The molecular weight excluding hydrogens is 236 g/mol. The average molecular weight is 254 g/mol. The van der Waals surface area contributed by atoms with Crippen molar-refractivity contribution < 1.29 is 19.5 Å². The van der Waals surface area contributed by atoms with Crippen LogP contribution in [0.15, 0.2) is 0 Å². The largest absolute Gasteiger partial charge is 0.481 e. The Morgan fingerprint density at radius 2 is 2.06 bits per heavy atom. The van der Waals surface area contributed by atoms with E-state index in [-0.39, 0.29) is 29.8 Å². The highest BCUT2D eigenvalue weighted by atomic mass is 16.4. The molecule has 1 saturated heterocycles. The van der Waals surface area contributed by atoms with E-state index in [1.165, 1.54) is 0 Å². The highest BCUT2D eigenvalue weighted by Crippen LogP contribution is 2.25. The minimum Gasteiger partial charge on any atom is -0.481 e. The fraction of sp³-hybridized carbons (Fsp3) is 0.750. The van der Waals surface area contributed by atoms with Gasteiger partial charge in [-0.2, -0.15) is 0 Å². The minimum absolute atomic E-state index is 0.0591. The van der Waals surface area contributed by atoms with Crippen LogP contribution in [0.5, 0.6) is 0 Å². The molecule has 0 bridgehead atoms. The monoisotopic (exact) mass is 254 g/mol. The molecule has 0 aromatic carbocycles. The van der Waals surface area contributed by atoms with Crippen molar-refractivity contribution in [3.63, 3.8) is 0 Å². The first kappa shape index (κ1) is 13.0. The summed E-state index contributed by atoms with van der Waals surface area (Å²) in [4.78, 5) is 33.5. The lowest BCUT2D eigenvalue weighted by Gasteiger charge is -2.32. The Morgan fingerprint density at radius 3 is 2.72 bits per heavy atom. The van der Waals surface area contributed by atoms with Crippen LogP contribution in [-0.4, -0.2) is 35.0 Å². The first-order chi connectivity index (χ1) is 8.56. The van der Waals surface area contributed by atoms with Gasteiger partial charge in [-0.25, -0.2) is 0 Å². The first-order valence-corrected chi connectivity index (χ1v) is 6.39. The van der Waals surface area contributed by atoms with Gasteiger partial charge in [-0.3, -0.25) is 19.7 Å². The Morgan fingerprint density at radius 1 is 1.28 bits per heavy atom. The van der Waals surface area contributed by atoms with Crippen LogP contribution >= 0.6 is 0 Å². The summed E-state index contributed by atoms with van der Waals surface area (Å²) < 4.78 is 0. The lowest BCUT2D eigenvalue weighted by Crippen LogP contribution is -2.54. The number of carbonyl (C=O) groups is 3. The van der Waals surface area contributed by atoms with Gasteiger partial charge in [-0.1, -0.05) is 6.42 Å². The molecule has 0 radical (unpaired) electrons. The van der Waals surface area contributed by atoms with Crippen molar-refractivity contribution in [3.05, 3.63) is 0 Å². The summed E-state index contributed by atoms with van der Waals surface area (Å²) in [7, 11) is 0. The van der Waals surface area contributed by atoms with Gasteiger partial charge in [-0.05, 0) is 25.7 Å². The van der Waals surface area contributed by atoms with E-state index in [0.717, 1.165) is 12.8 Å². The number of carbonyl (C=O) groups excluding carboxylic acids is 2. The maximum absolute atomic E-state index is 11.6. The van der Waals surface area contributed by atoms with Crippen molar-refractivity contribution in [1.29, 1.82) is 0 Å². The molecule has 1 aliphatic heterocycles. The molecule has 3 N–H and O–H groups in total. The van der Waals surface area contributed by atoms with Crippen LogP contribution in [-0.2, 0) is 14.4 Å². The van der Waals surface area contributed by atoms with Gasteiger partial charge in [0.25, 0.3) is 0 Å². The predicted molar refractivity (Wildman–Crippen MR) is 62.7 cm³/mol. The third kappa shape index (κ3) is 3.07. The zero-order valence-corrected chi connectivity index (χ0v) is 10.1. The summed E-state index contributed by atoms with van der Waals surface area (Å²) >= 11 is 0. The molecule has 1 saturated carbocycles. The molecule has 3 unspecified atom stereocenters. The lowest BCUT2D eigenvalue weighted by molar-refractivity contribution is -0.143. The molecule has 100 valence electrons. The van der Waals surface area contributed by atoms with E-state index < -0.39 is 5.97 Å². The highest BCUT2D eigenvalue weighted by Gasteiger charge is 2.32. The quantitative estimate of drug-likeness (QED) is 0.617. The molecule has 0 aromatic heterocycles. The molecule has 2 aliphatic rings. The van der Waals surface area contributed by atoms with E-state index in [1.807, 2.05) is 0 Å². The molecule has 18 heavy (non-hydrogen) atoms. The smallest absolute Gasteiger partial charge is 0.306 e. The first-order valence-electron chi connectivity index (χ1n) is 6.39. The van der Waals surface area contributed by atoms with E-state index in [2.05, 4.69) is 10.6 Å². The van der Waals surface area contributed by atoms with E-state index in [0.29, 0.717) is 25.7 Å². The Hall–Kier alpha value is -1.43. The number of rotatable bonds is 3. The van der Waals surface area contributed by atoms with Crippen LogP contribution in [0.2, 0.25) is 0 Å². The van der Waals surface area contributed by atoms with Gasteiger partial charge in [0.15, 0.2) is 0 Å². The van der Waals surface area contributed by atoms with Crippen LogP contribution in [0.1, 0.15) is 38.5 Å². The maximum atomic E-state index is 11.6. The van der Waals surface area contributed by atoms with Crippen LogP contribution in [0.25, 0.3) is 0 Å². The maximum Gasteiger partial charge on any atom is 0.306 e. The van der Waals surface area contributed by atoms with Gasteiger partial charge in [0, 0.05) is 12.5 Å². The second-order valence-corrected chi connectivity index (χ2v) is 5.07. The van der Waals surface area contributed by atoms with E-state index in [9.17, 15) is 14.4 Å². The molecule has 2 fully saturated rings. The third-order valence-electron chi connectivity index (χ3n) is 3.70. The molecule has 0 aromatic rings. The Balaban J connectivity index is 1.87. The second-order valence-electron chi connectivity index (χ2n) is 5.07. The summed E-state index contributed by atoms with van der Waals surface area (Å²) in [6, 6.07) is -0.302. The Bertz CT molecular complexity index is 369. The van der Waals surface area contributed by atoms with Crippen LogP contribution in [0, 0.1) is 5.92 Å². The summed E-state index contributed by atoms with van der Waals surface area (Å²) in [5.41, 5.74) is 0. The van der Waals surface area contributed by atoms with Crippen molar-refractivity contribution in [2.45, 2.75) is 50.6 Å². The van der Waals surface area contributed by atoms with Crippen molar-refractivity contribution in [3.8, 4) is 0 Å². The zero-order valence-electron chi connectivity index (χ0n) is 10.1. The SMILES string of the molecule is O=C1CCC(NC2CCCC(C(=O)O)C2)C(=O)N1. The van der Waals surface area contributed by atoms with Gasteiger partial charge in [0.2, 0.25) is 11.8 Å². The third-order valence-corrected chi connectivity index (χ3v) is 3.70. The normalized spacial score (nSPS) is 33.0. The number of amides is 2. The molecule has 2 amide bonds. The van der Waals surface area contributed by atoms with Crippen LogP contribution in [0.3, 0.4) is 0 Å². The standard InChI is InChI=1S/C12H18N2O4/c15-10-5-4-9(11(16)14-10)13-8-3-1-2-7(6-8)12(17)18/h7-9,13H,1-6H2,(H,17,18)(H,14,15,16). The average Bonchev–Trinajstić information content (AvgIpc) is 2.33. The number of imide groups is 1. The molecule has 1 aliphatic carbocycles. The van der Waals surface area contributed by atoms with Crippen LogP contribution < -0.4 is 10.6 Å². The number of aliphatic carboxylic acids is 1. The van der Waals surface area contributed by atoms with Gasteiger partial charge >= 0.3 is 5.97 Å². The summed E-state index contributed by atoms with van der Waals surface area (Å²) in [6.45, 7) is 0. The van der Waals surface area contributed by atoms with E-state index in [4.69, 9.17) is 5.11 Å². The van der Waals surface area contributed by atoms with E-state index in [1.54, 1.807) is 0 Å². The summed E-state index contributed by atoms with van der Waals surface area (Å²) in [5.74, 6) is -1.59. The molecule has 3 atom stereocenters. The van der Waals surface area contributed by atoms with Crippen molar-refractivity contribution in [1.82, 2.24) is 10.6 Å². The van der Waals surface area contributed by atoms with Crippen molar-refractivity contribution >= 4 is 17.8 Å². The van der Waals surface area contributed by atoms with Crippen molar-refractivity contribution in [2.24, 2.45) is 5.92 Å². The van der Waals surface area contributed by atoms with Gasteiger partial charge < -0.3 is 10.4 Å². The number of carboxylic acid groups (broad SMARTS) is 1. The number of hydrogen-bond donors (Lipinski definition) is 3. The fourth-order valence-electron chi connectivity index (χ4n) is 2.70. The summed E-state index contributed by atoms with van der Waals surface area (Å²) in [5, 5.41) is 14.5. The predicted octanol–water partition coefficient (Wildman–Crippen LogP) is 0.0246. The molecule has 6 nitrogen and oxygen atoms in total. The number of piperidine rings is 1. The molecule has 2 rings (SSSR count). The van der Waals surface area contributed by atoms with Gasteiger partial charge in [-0.15, -0.1) is 0 Å². The number of nitrogens with one attached hydrogen (secondary N) is 2. The Labute approximate surface area is 105 Å². The number of carboxylic acids is 1.